The Morgan fingerprint density at radius 2 is 1.25 bits per heavy atom. The number of allylic oxidation sites excluding steroid dienone is 1. The van der Waals surface area contributed by atoms with E-state index in [-0.39, 0.29) is 0 Å². The first kappa shape index (κ1) is 17.6. The molecular weight excluding hydrogens is 388 g/mol. The van der Waals surface area contributed by atoms with Gasteiger partial charge < -0.3 is 9.13 Å². The fourth-order valence-corrected chi connectivity index (χ4v) is 5.47. The summed E-state index contributed by atoms with van der Waals surface area (Å²) in [4.78, 5) is 0. The second-order valence-electron chi connectivity index (χ2n) is 8.52. The van der Waals surface area contributed by atoms with Crippen molar-refractivity contribution in [1.29, 1.82) is 0 Å². The highest BCUT2D eigenvalue weighted by Crippen LogP contribution is 2.39. The zero-order valence-corrected chi connectivity index (χ0v) is 17.7. The van der Waals surface area contributed by atoms with Gasteiger partial charge in [-0.15, -0.1) is 0 Å². The molecule has 7 rings (SSSR count). The van der Waals surface area contributed by atoms with Crippen LogP contribution in [0.5, 0.6) is 0 Å². The first-order valence-electron chi connectivity index (χ1n) is 11.3. The molecule has 2 heteroatoms. The third-order valence-corrected chi connectivity index (χ3v) is 6.78. The van der Waals surface area contributed by atoms with Crippen LogP contribution in [0, 0.1) is 0 Å². The molecule has 0 bridgehead atoms. The number of fused-ring (bicyclic) bond motifs is 6. The van der Waals surface area contributed by atoms with E-state index in [9.17, 15) is 0 Å². The Labute approximate surface area is 186 Å². The molecule has 1 aliphatic rings. The summed E-state index contributed by atoms with van der Waals surface area (Å²) >= 11 is 0. The maximum Gasteiger partial charge on any atom is 0.0782 e. The van der Waals surface area contributed by atoms with E-state index in [0.717, 1.165) is 12.8 Å². The van der Waals surface area contributed by atoms with E-state index in [4.69, 9.17) is 0 Å². The Hall–Kier alpha value is -4.04. The SMILES string of the molecule is C1=Cc2c(n(-c3cccc4c5ccccc5n(-c5ccccc5)c34)c3ccccc23)CC1. The molecular formula is C30H22N2. The molecule has 0 saturated carbocycles. The van der Waals surface area contributed by atoms with E-state index in [1.807, 2.05) is 0 Å². The summed E-state index contributed by atoms with van der Waals surface area (Å²) in [7, 11) is 0. The van der Waals surface area contributed by atoms with Crippen molar-refractivity contribution in [1.82, 2.24) is 9.13 Å². The van der Waals surface area contributed by atoms with Gasteiger partial charge in [0, 0.05) is 33.1 Å². The van der Waals surface area contributed by atoms with Gasteiger partial charge in [-0.25, -0.2) is 0 Å². The van der Waals surface area contributed by atoms with Crippen molar-refractivity contribution < 1.29 is 0 Å². The largest absolute Gasteiger partial charge is 0.311 e. The van der Waals surface area contributed by atoms with Crippen molar-refractivity contribution >= 4 is 38.8 Å². The van der Waals surface area contributed by atoms with Crippen LogP contribution in [0.1, 0.15) is 17.7 Å². The summed E-state index contributed by atoms with van der Waals surface area (Å²) in [6.45, 7) is 0. The van der Waals surface area contributed by atoms with Gasteiger partial charge in [0.1, 0.15) is 0 Å². The highest BCUT2D eigenvalue weighted by atomic mass is 15.1. The van der Waals surface area contributed by atoms with Crippen LogP contribution in [-0.2, 0) is 6.42 Å². The van der Waals surface area contributed by atoms with E-state index in [2.05, 4.69) is 118 Å². The topological polar surface area (TPSA) is 9.86 Å². The summed E-state index contributed by atoms with van der Waals surface area (Å²) in [6, 6.07) is 35.1. The molecule has 1 aliphatic carbocycles. The average molecular weight is 411 g/mol. The fraction of sp³-hybridized carbons (Fsp3) is 0.0667. The van der Waals surface area contributed by atoms with E-state index in [1.54, 1.807) is 0 Å². The summed E-state index contributed by atoms with van der Waals surface area (Å²) in [5.41, 5.74) is 9.00. The van der Waals surface area contributed by atoms with Crippen molar-refractivity contribution in [2.45, 2.75) is 12.8 Å². The van der Waals surface area contributed by atoms with E-state index in [0.29, 0.717) is 0 Å². The lowest BCUT2D eigenvalue weighted by Gasteiger charge is -2.17. The monoisotopic (exact) mass is 410 g/mol. The number of hydrogen-bond donors (Lipinski definition) is 0. The lowest BCUT2D eigenvalue weighted by molar-refractivity contribution is 0.889. The molecule has 0 unspecified atom stereocenters. The number of benzene rings is 4. The summed E-state index contributed by atoms with van der Waals surface area (Å²) in [5.74, 6) is 0. The first-order chi connectivity index (χ1) is 15.9. The Morgan fingerprint density at radius 1 is 0.562 bits per heavy atom. The number of nitrogens with zero attached hydrogens (tertiary/aromatic N) is 2. The third-order valence-electron chi connectivity index (χ3n) is 6.78. The Kier molecular flexibility index (Phi) is 3.71. The van der Waals surface area contributed by atoms with Gasteiger partial charge in [0.2, 0.25) is 0 Å². The minimum Gasteiger partial charge on any atom is -0.311 e. The molecule has 0 amide bonds. The number of hydrogen-bond acceptors (Lipinski definition) is 0. The van der Waals surface area contributed by atoms with Gasteiger partial charge in [-0.3, -0.25) is 0 Å². The molecule has 0 radical (unpaired) electrons. The zero-order valence-electron chi connectivity index (χ0n) is 17.7. The Morgan fingerprint density at radius 3 is 2.09 bits per heavy atom. The number of rotatable bonds is 2. The normalized spacial score (nSPS) is 13.2. The lowest BCUT2D eigenvalue weighted by Crippen LogP contribution is -2.05. The van der Waals surface area contributed by atoms with Crippen molar-refractivity contribution in [2.75, 3.05) is 0 Å². The molecule has 2 heterocycles. The third kappa shape index (κ3) is 2.35. The first-order valence-corrected chi connectivity index (χ1v) is 11.3. The minimum atomic E-state index is 1.06. The predicted octanol–water partition coefficient (Wildman–Crippen LogP) is 7.69. The van der Waals surface area contributed by atoms with Crippen molar-refractivity contribution in [3.05, 3.63) is 114 Å². The molecule has 0 fully saturated rings. The molecule has 2 nitrogen and oxygen atoms in total. The second-order valence-corrected chi connectivity index (χ2v) is 8.52. The van der Waals surface area contributed by atoms with Gasteiger partial charge in [-0.05, 0) is 43.2 Å². The van der Waals surface area contributed by atoms with Crippen molar-refractivity contribution in [3.8, 4) is 11.4 Å². The standard InChI is InChI=1S/C30H22N2/c1-2-11-21(12-3-1)31-26-17-7-6-15-24(26)25-16-10-20-29(30(25)31)32-27-18-8-4-13-22(27)23-14-5-9-19-28(23)32/h1-8,10-18,20H,9,19H2. The number of para-hydroxylation sites is 4. The van der Waals surface area contributed by atoms with Crippen LogP contribution in [0.15, 0.2) is 103 Å². The quantitative estimate of drug-likeness (QED) is 0.277. The van der Waals surface area contributed by atoms with Gasteiger partial charge in [0.05, 0.1) is 22.2 Å². The van der Waals surface area contributed by atoms with E-state index < -0.39 is 0 Å². The Bertz CT molecular complexity index is 1660. The smallest absolute Gasteiger partial charge is 0.0782 e. The molecule has 152 valence electrons. The van der Waals surface area contributed by atoms with Crippen LogP contribution in [-0.4, -0.2) is 9.13 Å². The van der Waals surface area contributed by atoms with Crippen LogP contribution in [0.25, 0.3) is 50.2 Å². The zero-order chi connectivity index (χ0) is 21.1. The van der Waals surface area contributed by atoms with Gasteiger partial charge in [0.15, 0.2) is 0 Å². The minimum absolute atomic E-state index is 1.06. The molecule has 0 atom stereocenters. The molecule has 0 N–H and O–H groups in total. The maximum absolute atomic E-state index is 2.51. The molecule has 4 aromatic carbocycles. The maximum atomic E-state index is 2.51. The lowest BCUT2D eigenvalue weighted by atomic mass is 10.0. The fourth-order valence-electron chi connectivity index (χ4n) is 5.47. The highest BCUT2D eigenvalue weighted by molar-refractivity contribution is 6.12. The van der Waals surface area contributed by atoms with E-state index >= 15 is 0 Å². The second kappa shape index (κ2) is 6.73. The molecule has 0 spiro atoms. The average Bonchev–Trinajstić information content (AvgIpc) is 3.38. The molecule has 2 aromatic heterocycles. The number of aromatic nitrogens is 2. The highest BCUT2D eigenvalue weighted by Gasteiger charge is 2.22. The van der Waals surface area contributed by atoms with Crippen molar-refractivity contribution in [3.63, 3.8) is 0 Å². The van der Waals surface area contributed by atoms with Gasteiger partial charge in [-0.2, -0.15) is 0 Å². The van der Waals surface area contributed by atoms with Crippen LogP contribution < -0.4 is 0 Å². The molecule has 0 saturated heterocycles. The van der Waals surface area contributed by atoms with Crippen LogP contribution in [0.3, 0.4) is 0 Å². The van der Waals surface area contributed by atoms with Gasteiger partial charge >= 0.3 is 0 Å². The summed E-state index contributed by atoms with van der Waals surface area (Å²) < 4.78 is 4.94. The molecule has 32 heavy (non-hydrogen) atoms. The van der Waals surface area contributed by atoms with Gasteiger partial charge in [0.25, 0.3) is 0 Å². The summed E-state index contributed by atoms with van der Waals surface area (Å²) in [6.07, 6.45) is 6.76. The van der Waals surface area contributed by atoms with Crippen LogP contribution in [0.2, 0.25) is 0 Å². The molecule has 0 aliphatic heterocycles. The molecule has 6 aromatic rings. The van der Waals surface area contributed by atoms with Crippen LogP contribution in [0.4, 0.5) is 0 Å². The predicted molar refractivity (Wildman–Crippen MR) is 135 cm³/mol. The Balaban J connectivity index is 1.69. The van der Waals surface area contributed by atoms with Crippen molar-refractivity contribution in [2.24, 2.45) is 0 Å². The van der Waals surface area contributed by atoms with E-state index in [1.165, 1.54) is 55.3 Å². The van der Waals surface area contributed by atoms with Crippen LogP contribution >= 0.6 is 0 Å². The summed E-state index contributed by atoms with van der Waals surface area (Å²) in [5, 5.41) is 3.91. The van der Waals surface area contributed by atoms with Gasteiger partial charge in [-0.1, -0.05) is 78.9 Å².